The summed E-state index contributed by atoms with van der Waals surface area (Å²) in [6, 6.07) is 0. The number of rotatable bonds is 3. The highest BCUT2D eigenvalue weighted by molar-refractivity contribution is 6.06. The lowest BCUT2D eigenvalue weighted by Gasteiger charge is -2.28. The molecule has 0 spiro atoms. The van der Waals surface area contributed by atoms with E-state index in [-0.39, 0.29) is 29.8 Å². The summed E-state index contributed by atoms with van der Waals surface area (Å²) in [4.78, 5) is 26.5. The molecule has 0 N–H and O–H groups in total. The molecule has 0 aliphatic carbocycles. The molecule has 3 aliphatic heterocycles. The SMILES string of the molecule is C[C@@]12CC[C@@H](O1)[C@H]1C(=O)N(CC[N+](C)(C)C)C(=O)[C@@H]12. The first-order chi connectivity index (χ1) is 8.73. The molecule has 3 rings (SSSR count). The Morgan fingerprint density at radius 2 is 2.00 bits per heavy atom. The molecule has 0 radical (unpaired) electrons. The molecule has 3 aliphatic rings. The average molecular weight is 267 g/mol. The summed E-state index contributed by atoms with van der Waals surface area (Å²) in [6.45, 7) is 3.31. The van der Waals surface area contributed by atoms with Crippen LogP contribution in [0.3, 0.4) is 0 Å². The maximum absolute atomic E-state index is 12.5. The van der Waals surface area contributed by atoms with Crippen LogP contribution in [0.25, 0.3) is 0 Å². The van der Waals surface area contributed by atoms with Gasteiger partial charge in [0.25, 0.3) is 0 Å². The van der Waals surface area contributed by atoms with Gasteiger partial charge in [-0.1, -0.05) is 0 Å². The minimum Gasteiger partial charge on any atom is -0.370 e. The van der Waals surface area contributed by atoms with Crippen molar-refractivity contribution in [2.45, 2.75) is 31.5 Å². The van der Waals surface area contributed by atoms with Crippen LogP contribution in [0, 0.1) is 11.8 Å². The van der Waals surface area contributed by atoms with Gasteiger partial charge in [0.15, 0.2) is 0 Å². The Morgan fingerprint density at radius 3 is 2.58 bits per heavy atom. The van der Waals surface area contributed by atoms with Gasteiger partial charge in [-0.25, -0.2) is 0 Å². The molecule has 0 aromatic carbocycles. The molecule has 5 heteroatoms. The van der Waals surface area contributed by atoms with E-state index in [9.17, 15) is 9.59 Å². The predicted octanol–water partition coefficient (Wildman–Crippen LogP) is 0.245. The van der Waals surface area contributed by atoms with Crippen molar-refractivity contribution in [3.63, 3.8) is 0 Å². The van der Waals surface area contributed by atoms with Crippen LogP contribution in [0.1, 0.15) is 19.8 Å². The zero-order valence-corrected chi connectivity index (χ0v) is 12.2. The van der Waals surface area contributed by atoms with Crippen LogP contribution in [0.5, 0.6) is 0 Å². The Labute approximate surface area is 114 Å². The topological polar surface area (TPSA) is 46.6 Å². The summed E-state index contributed by atoms with van der Waals surface area (Å²) in [7, 11) is 6.21. The fourth-order valence-corrected chi connectivity index (χ4v) is 3.76. The molecule has 0 aromatic rings. The van der Waals surface area contributed by atoms with Crippen LogP contribution in [0.4, 0.5) is 0 Å². The third-order valence-corrected chi connectivity index (χ3v) is 4.84. The van der Waals surface area contributed by atoms with Crippen molar-refractivity contribution in [3.05, 3.63) is 0 Å². The fourth-order valence-electron chi connectivity index (χ4n) is 3.76. The van der Waals surface area contributed by atoms with Gasteiger partial charge in [0.1, 0.15) is 0 Å². The van der Waals surface area contributed by atoms with E-state index in [0.717, 1.165) is 23.9 Å². The van der Waals surface area contributed by atoms with Gasteiger partial charge >= 0.3 is 0 Å². The summed E-state index contributed by atoms with van der Waals surface area (Å²) in [5.41, 5.74) is -0.395. The van der Waals surface area contributed by atoms with Crippen molar-refractivity contribution in [3.8, 4) is 0 Å². The van der Waals surface area contributed by atoms with Crippen molar-refractivity contribution >= 4 is 11.8 Å². The molecule has 0 unspecified atom stereocenters. The minimum atomic E-state index is -0.395. The zero-order valence-electron chi connectivity index (χ0n) is 12.2. The van der Waals surface area contributed by atoms with Gasteiger partial charge < -0.3 is 9.22 Å². The number of imide groups is 1. The van der Waals surface area contributed by atoms with Crippen molar-refractivity contribution in [2.75, 3.05) is 34.2 Å². The van der Waals surface area contributed by atoms with Gasteiger partial charge in [-0.05, 0) is 19.8 Å². The van der Waals surface area contributed by atoms with Crippen LogP contribution >= 0.6 is 0 Å². The second kappa shape index (κ2) is 3.79. The molecular formula is C14H23N2O3+. The van der Waals surface area contributed by atoms with E-state index in [1.165, 1.54) is 4.90 Å². The summed E-state index contributed by atoms with van der Waals surface area (Å²) < 4.78 is 6.64. The van der Waals surface area contributed by atoms with E-state index in [1.54, 1.807) is 0 Å². The average Bonchev–Trinajstić information content (AvgIpc) is 2.86. The first-order valence-corrected chi connectivity index (χ1v) is 7.06. The normalized spacial score (nSPS) is 41.3. The zero-order chi connectivity index (χ0) is 14.0. The van der Waals surface area contributed by atoms with E-state index in [4.69, 9.17) is 4.74 Å². The molecule has 5 nitrogen and oxygen atoms in total. The Morgan fingerprint density at radius 1 is 1.32 bits per heavy atom. The summed E-state index contributed by atoms with van der Waals surface area (Å²) in [6.07, 6.45) is 1.79. The number of fused-ring (bicyclic) bond motifs is 5. The maximum atomic E-state index is 12.5. The highest BCUT2D eigenvalue weighted by Crippen LogP contribution is 2.54. The molecule has 2 amide bonds. The highest BCUT2D eigenvalue weighted by atomic mass is 16.5. The van der Waals surface area contributed by atoms with E-state index >= 15 is 0 Å². The summed E-state index contributed by atoms with van der Waals surface area (Å²) >= 11 is 0. The van der Waals surface area contributed by atoms with Crippen molar-refractivity contribution < 1.29 is 18.8 Å². The van der Waals surface area contributed by atoms with Crippen molar-refractivity contribution in [1.29, 1.82) is 0 Å². The third-order valence-electron chi connectivity index (χ3n) is 4.84. The maximum Gasteiger partial charge on any atom is 0.236 e. The molecule has 4 atom stereocenters. The van der Waals surface area contributed by atoms with E-state index in [1.807, 2.05) is 6.92 Å². The number of ether oxygens (including phenoxy) is 1. The molecule has 3 saturated heterocycles. The van der Waals surface area contributed by atoms with E-state index < -0.39 is 5.60 Å². The van der Waals surface area contributed by atoms with Gasteiger partial charge in [0.2, 0.25) is 11.8 Å². The van der Waals surface area contributed by atoms with Crippen molar-refractivity contribution in [1.82, 2.24) is 4.90 Å². The predicted molar refractivity (Wildman–Crippen MR) is 69.1 cm³/mol. The number of hydrogen-bond acceptors (Lipinski definition) is 3. The summed E-state index contributed by atoms with van der Waals surface area (Å²) in [5.74, 6) is -0.449. The second-order valence-electron chi connectivity index (χ2n) is 7.35. The minimum absolute atomic E-state index is 0.00289. The van der Waals surface area contributed by atoms with Crippen LogP contribution in [0.2, 0.25) is 0 Å². The van der Waals surface area contributed by atoms with Gasteiger partial charge in [-0.15, -0.1) is 0 Å². The Balaban J connectivity index is 1.80. The van der Waals surface area contributed by atoms with Crippen LogP contribution < -0.4 is 0 Å². The number of amides is 2. The quantitative estimate of drug-likeness (QED) is 0.544. The first-order valence-electron chi connectivity index (χ1n) is 7.06. The number of likely N-dealkylation sites (N-methyl/N-ethyl adjacent to an activating group) is 1. The lowest BCUT2D eigenvalue weighted by molar-refractivity contribution is -0.869. The Kier molecular flexibility index (Phi) is 2.61. The Bertz CT molecular complexity index is 442. The molecule has 106 valence electrons. The standard InChI is InChI=1S/C14H23N2O3/c1-14-6-5-9(19-14)10-11(14)13(18)15(12(10)17)7-8-16(2,3)4/h9-11H,5-8H2,1-4H3/q+1/t9-,10-,11-,14+/m1/s1. The van der Waals surface area contributed by atoms with Crippen molar-refractivity contribution in [2.24, 2.45) is 11.8 Å². The van der Waals surface area contributed by atoms with Crippen LogP contribution in [0.15, 0.2) is 0 Å². The molecule has 19 heavy (non-hydrogen) atoms. The van der Waals surface area contributed by atoms with Crippen LogP contribution in [-0.2, 0) is 14.3 Å². The van der Waals surface area contributed by atoms with Gasteiger partial charge in [-0.2, -0.15) is 0 Å². The number of quaternary nitrogens is 1. The monoisotopic (exact) mass is 267 g/mol. The molecule has 0 saturated carbocycles. The van der Waals surface area contributed by atoms with E-state index in [2.05, 4.69) is 21.1 Å². The molecular weight excluding hydrogens is 244 g/mol. The van der Waals surface area contributed by atoms with Gasteiger partial charge in [0.05, 0.1) is 57.8 Å². The third kappa shape index (κ3) is 1.82. The highest BCUT2D eigenvalue weighted by Gasteiger charge is 2.67. The molecule has 3 heterocycles. The smallest absolute Gasteiger partial charge is 0.236 e. The first kappa shape index (κ1) is 13.1. The molecule has 2 bridgehead atoms. The number of carbonyl (C=O) groups excluding carboxylic acids is 2. The fraction of sp³-hybridized carbons (Fsp3) is 0.857. The van der Waals surface area contributed by atoms with E-state index in [0.29, 0.717) is 6.54 Å². The van der Waals surface area contributed by atoms with Crippen LogP contribution in [-0.4, -0.2) is 67.1 Å². The molecule has 0 aromatic heterocycles. The number of nitrogens with zero attached hydrogens (tertiary/aromatic N) is 2. The lowest BCUT2D eigenvalue weighted by atomic mass is 9.74. The summed E-state index contributed by atoms with van der Waals surface area (Å²) in [5, 5.41) is 0. The second-order valence-corrected chi connectivity index (χ2v) is 7.35. The van der Waals surface area contributed by atoms with Gasteiger partial charge in [0, 0.05) is 0 Å². The van der Waals surface area contributed by atoms with Gasteiger partial charge in [-0.3, -0.25) is 14.5 Å². The molecule has 3 fully saturated rings. The lowest BCUT2D eigenvalue weighted by Crippen LogP contribution is -2.45. The number of hydrogen-bond donors (Lipinski definition) is 0. The Hall–Kier alpha value is -0.940. The number of carbonyl (C=O) groups is 2. The number of likely N-dealkylation sites (tertiary alicyclic amines) is 1. The largest absolute Gasteiger partial charge is 0.370 e.